The molecular formula is C31H34FNO5. The van der Waals surface area contributed by atoms with E-state index in [1.807, 2.05) is 19.1 Å². The van der Waals surface area contributed by atoms with Gasteiger partial charge in [-0.2, -0.15) is 0 Å². The van der Waals surface area contributed by atoms with E-state index in [-0.39, 0.29) is 36.3 Å². The number of rotatable bonds is 9. The van der Waals surface area contributed by atoms with Crippen LogP contribution in [0.1, 0.15) is 44.4 Å². The first-order valence-corrected chi connectivity index (χ1v) is 13.1. The summed E-state index contributed by atoms with van der Waals surface area (Å²) >= 11 is 0. The Morgan fingerprint density at radius 2 is 2.05 bits per heavy atom. The smallest absolute Gasteiger partial charge is 0.307 e. The first kappa shape index (κ1) is 26.3. The van der Waals surface area contributed by atoms with Crippen LogP contribution in [-0.4, -0.2) is 39.5 Å². The number of pyridine rings is 1. The topological polar surface area (TPSA) is 88.9 Å². The molecule has 1 heterocycles. The van der Waals surface area contributed by atoms with Gasteiger partial charge in [0.15, 0.2) is 0 Å². The number of aliphatic carboxylic acids is 1. The molecule has 2 aromatic rings. The van der Waals surface area contributed by atoms with Crippen molar-refractivity contribution in [1.29, 1.82) is 0 Å². The van der Waals surface area contributed by atoms with Crippen molar-refractivity contribution in [2.24, 2.45) is 17.8 Å². The van der Waals surface area contributed by atoms with Crippen LogP contribution in [0.15, 0.2) is 65.8 Å². The highest BCUT2D eigenvalue weighted by Gasteiger charge is 2.61. The number of aromatic nitrogens is 1. The first-order chi connectivity index (χ1) is 18.0. The summed E-state index contributed by atoms with van der Waals surface area (Å²) in [6.07, 6.45) is 5.63. The lowest BCUT2D eigenvalue weighted by atomic mass is 10.00. The van der Waals surface area contributed by atoms with E-state index in [0.29, 0.717) is 30.9 Å². The van der Waals surface area contributed by atoms with Crippen LogP contribution in [-0.2, 0) is 16.1 Å². The molecule has 1 aromatic carbocycles. The third-order valence-corrected chi connectivity index (χ3v) is 7.78. The zero-order chi connectivity index (χ0) is 27.2. The molecule has 200 valence electrons. The molecule has 3 aliphatic carbocycles. The lowest BCUT2D eigenvalue weighted by Crippen LogP contribution is -2.22. The molecule has 5 rings (SSSR count). The zero-order valence-corrected chi connectivity index (χ0v) is 22.0. The molecule has 1 aromatic heterocycles. The second-order valence-electron chi connectivity index (χ2n) is 11.2. The van der Waals surface area contributed by atoms with Crippen LogP contribution in [0.25, 0.3) is 11.1 Å². The fourth-order valence-electron chi connectivity index (χ4n) is 5.59. The molecule has 2 saturated carbocycles. The van der Waals surface area contributed by atoms with Crippen LogP contribution < -0.4 is 4.74 Å². The number of benzene rings is 1. The van der Waals surface area contributed by atoms with Gasteiger partial charge in [-0.15, -0.1) is 0 Å². The van der Waals surface area contributed by atoms with E-state index in [2.05, 4.69) is 17.6 Å². The van der Waals surface area contributed by atoms with Crippen molar-refractivity contribution in [2.45, 2.75) is 58.3 Å². The van der Waals surface area contributed by atoms with Gasteiger partial charge < -0.3 is 19.7 Å². The van der Waals surface area contributed by atoms with E-state index in [0.717, 1.165) is 40.0 Å². The van der Waals surface area contributed by atoms with Crippen LogP contribution >= 0.6 is 0 Å². The summed E-state index contributed by atoms with van der Waals surface area (Å²) < 4.78 is 26.6. The highest BCUT2D eigenvalue weighted by molar-refractivity contribution is 5.77. The molecule has 4 unspecified atom stereocenters. The fourth-order valence-corrected chi connectivity index (χ4v) is 5.59. The van der Waals surface area contributed by atoms with Gasteiger partial charge in [0, 0.05) is 35.2 Å². The van der Waals surface area contributed by atoms with E-state index in [1.54, 1.807) is 32.0 Å². The molecule has 0 spiro atoms. The minimum absolute atomic E-state index is 0.0810. The minimum Gasteiger partial charge on any atom is -0.481 e. The third-order valence-electron chi connectivity index (χ3n) is 7.78. The summed E-state index contributed by atoms with van der Waals surface area (Å²) in [5.41, 5.74) is 5.23. The van der Waals surface area contributed by atoms with Crippen molar-refractivity contribution >= 4 is 5.97 Å². The Morgan fingerprint density at radius 3 is 2.76 bits per heavy atom. The Labute approximate surface area is 222 Å². The molecule has 2 fully saturated rings. The summed E-state index contributed by atoms with van der Waals surface area (Å²) in [6, 6.07) is 8.63. The van der Waals surface area contributed by atoms with Gasteiger partial charge in [-0.05, 0) is 86.1 Å². The monoisotopic (exact) mass is 519 g/mol. The Morgan fingerprint density at radius 1 is 1.26 bits per heavy atom. The molecule has 7 heteroatoms. The number of halogens is 1. The van der Waals surface area contributed by atoms with E-state index in [4.69, 9.17) is 9.47 Å². The molecule has 0 aliphatic heterocycles. The predicted octanol–water partition coefficient (Wildman–Crippen LogP) is 5.78. The van der Waals surface area contributed by atoms with Crippen LogP contribution in [0.4, 0.5) is 4.39 Å². The Balaban J connectivity index is 1.26. The number of nitrogens with zero attached hydrogens (tertiary/aromatic N) is 1. The number of allylic oxidation sites excluding steroid dienone is 3. The summed E-state index contributed by atoms with van der Waals surface area (Å²) in [7, 11) is 0. The first-order valence-electron chi connectivity index (χ1n) is 13.1. The number of ether oxygens (including phenoxy) is 2. The predicted molar refractivity (Wildman–Crippen MR) is 142 cm³/mol. The number of aliphatic hydroxyl groups is 1. The van der Waals surface area contributed by atoms with Crippen molar-refractivity contribution in [3.63, 3.8) is 0 Å². The summed E-state index contributed by atoms with van der Waals surface area (Å²) in [6.45, 7) is 9.96. The quantitative estimate of drug-likeness (QED) is 0.408. The van der Waals surface area contributed by atoms with Crippen LogP contribution in [0.3, 0.4) is 0 Å². The normalized spacial score (nSPS) is 24.2. The van der Waals surface area contributed by atoms with Gasteiger partial charge in [-0.3, -0.25) is 4.79 Å². The number of hydrogen-bond donors (Lipinski definition) is 2. The van der Waals surface area contributed by atoms with Gasteiger partial charge in [-0.1, -0.05) is 18.7 Å². The van der Waals surface area contributed by atoms with Crippen molar-refractivity contribution in [2.75, 3.05) is 6.61 Å². The molecule has 0 saturated heterocycles. The fraction of sp³-hybridized carbons (Fsp3) is 0.419. The maximum atomic E-state index is 14.8. The molecular weight excluding hydrogens is 485 g/mol. The number of carboxylic acid groups (broad SMARTS) is 1. The number of aryl methyl sites for hydroxylation is 1. The summed E-state index contributed by atoms with van der Waals surface area (Å²) in [5, 5.41) is 19.3. The Kier molecular flexibility index (Phi) is 7.01. The molecule has 0 amide bonds. The highest BCUT2D eigenvalue weighted by Crippen LogP contribution is 2.63. The number of fused-ring (bicyclic) bond motifs is 3. The van der Waals surface area contributed by atoms with Gasteiger partial charge in [0.2, 0.25) is 5.88 Å². The maximum Gasteiger partial charge on any atom is 0.307 e. The highest BCUT2D eigenvalue weighted by atomic mass is 19.1. The van der Waals surface area contributed by atoms with Crippen molar-refractivity contribution < 1.29 is 28.9 Å². The third kappa shape index (κ3) is 5.45. The molecule has 38 heavy (non-hydrogen) atoms. The zero-order valence-electron chi connectivity index (χ0n) is 22.0. The SMILES string of the molecule is C=C1CC=C2C(=CC1OCc1cc(-c3ccc(OCCC(C)(C)O)nc3C)ccc1F)CC1C(C(=O)O)C21. The van der Waals surface area contributed by atoms with Gasteiger partial charge in [0.25, 0.3) is 0 Å². The lowest BCUT2D eigenvalue weighted by molar-refractivity contribution is -0.139. The molecule has 0 radical (unpaired) electrons. The summed E-state index contributed by atoms with van der Waals surface area (Å²) in [5.74, 6) is -0.566. The van der Waals surface area contributed by atoms with Crippen molar-refractivity contribution in [1.82, 2.24) is 4.98 Å². The number of carbonyl (C=O) groups is 1. The molecule has 6 nitrogen and oxygen atoms in total. The summed E-state index contributed by atoms with van der Waals surface area (Å²) in [4.78, 5) is 16.0. The average molecular weight is 520 g/mol. The van der Waals surface area contributed by atoms with E-state index < -0.39 is 11.6 Å². The van der Waals surface area contributed by atoms with Gasteiger partial charge >= 0.3 is 5.97 Å². The molecule has 3 aliphatic rings. The van der Waals surface area contributed by atoms with Crippen LogP contribution in [0.2, 0.25) is 0 Å². The number of carboxylic acids is 1. The van der Waals surface area contributed by atoms with Crippen molar-refractivity contribution in [3.8, 4) is 17.0 Å². The van der Waals surface area contributed by atoms with Gasteiger partial charge in [-0.25, -0.2) is 9.37 Å². The van der Waals surface area contributed by atoms with Crippen molar-refractivity contribution in [3.05, 3.63) is 82.9 Å². The van der Waals surface area contributed by atoms with Crippen LogP contribution in [0.5, 0.6) is 5.88 Å². The second-order valence-corrected chi connectivity index (χ2v) is 11.2. The number of hydrogen-bond acceptors (Lipinski definition) is 5. The minimum atomic E-state index is -0.805. The molecule has 0 bridgehead atoms. The standard InChI is InChI=1S/C31H34FNO5/c1-17-5-7-23-20(14-24-28(23)29(24)30(34)35)15-26(17)38-16-21-13-19(6-9-25(21)32)22-8-10-27(33-18(22)2)37-12-11-31(3,4)36/h6-10,13,15,24,26,28-29,36H,1,5,11-12,14,16H2,2-4H3,(H,34,35). The molecule has 2 N–H and O–H groups in total. The Hall–Kier alpha value is -3.29. The van der Waals surface area contributed by atoms with Gasteiger partial charge in [0.05, 0.1) is 30.8 Å². The average Bonchev–Trinajstić information content (AvgIpc) is 3.48. The van der Waals surface area contributed by atoms with E-state index in [9.17, 15) is 19.4 Å². The lowest BCUT2D eigenvalue weighted by Gasteiger charge is -2.18. The van der Waals surface area contributed by atoms with E-state index >= 15 is 0 Å². The second kappa shape index (κ2) is 10.1. The Bertz CT molecular complexity index is 1340. The van der Waals surface area contributed by atoms with E-state index in [1.165, 1.54) is 6.07 Å². The maximum absolute atomic E-state index is 14.8. The van der Waals surface area contributed by atoms with Gasteiger partial charge in [0.1, 0.15) is 5.82 Å². The molecule has 4 atom stereocenters. The van der Waals surface area contributed by atoms with Crippen LogP contribution in [0, 0.1) is 30.5 Å². The largest absolute Gasteiger partial charge is 0.481 e.